The highest BCUT2D eigenvalue weighted by Gasteiger charge is 2.52. The third-order valence-corrected chi connectivity index (χ3v) is 7.27. The molecule has 4 fully saturated rings. The first kappa shape index (κ1) is 17.5. The van der Waals surface area contributed by atoms with Crippen LogP contribution in [0.1, 0.15) is 49.7 Å². The highest BCUT2D eigenvalue weighted by atomic mass is 16.4. The predicted molar refractivity (Wildman–Crippen MR) is 110 cm³/mol. The predicted octanol–water partition coefficient (Wildman–Crippen LogP) is 5.62. The molecule has 3 nitrogen and oxygen atoms in total. The Balaban J connectivity index is 1.42. The minimum absolute atomic E-state index is 0.197. The van der Waals surface area contributed by atoms with E-state index in [2.05, 4.69) is 12.1 Å². The van der Waals surface area contributed by atoms with Crippen molar-refractivity contribution < 1.29 is 15.0 Å². The Hall–Kier alpha value is -2.55. The summed E-state index contributed by atoms with van der Waals surface area (Å²) < 4.78 is 0. The number of phenols is 1. The Labute approximate surface area is 165 Å². The van der Waals surface area contributed by atoms with Gasteiger partial charge in [0.1, 0.15) is 5.75 Å². The lowest BCUT2D eigenvalue weighted by atomic mass is 9.48. The Morgan fingerprint density at radius 2 is 1.46 bits per heavy atom. The summed E-state index contributed by atoms with van der Waals surface area (Å²) in [5.74, 6) is 2.06. The Morgan fingerprint density at radius 1 is 0.893 bits per heavy atom. The van der Waals surface area contributed by atoms with Crippen molar-refractivity contribution in [3.63, 3.8) is 0 Å². The molecule has 0 radical (unpaired) electrons. The first-order valence-electron chi connectivity index (χ1n) is 10.4. The van der Waals surface area contributed by atoms with E-state index in [1.165, 1.54) is 38.5 Å². The van der Waals surface area contributed by atoms with E-state index in [0.717, 1.165) is 46.1 Å². The lowest BCUT2D eigenvalue weighted by molar-refractivity contribution is -0.131. The first-order valence-corrected chi connectivity index (χ1v) is 10.4. The van der Waals surface area contributed by atoms with Crippen LogP contribution >= 0.6 is 0 Å². The number of aromatic hydroxyl groups is 1. The molecule has 6 rings (SSSR count). The van der Waals surface area contributed by atoms with Gasteiger partial charge in [0.15, 0.2) is 0 Å². The summed E-state index contributed by atoms with van der Waals surface area (Å²) in [6.07, 6.45) is 10.7. The van der Waals surface area contributed by atoms with Crippen molar-refractivity contribution in [3.05, 3.63) is 59.7 Å². The highest BCUT2D eigenvalue weighted by molar-refractivity contribution is 5.85. The molecule has 0 heterocycles. The van der Waals surface area contributed by atoms with E-state index in [0.29, 0.717) is 5.75 Å². The normalized spacial score (nSPS) is 30.8. The van der Waals surface area contributed by atoms with Gasteiger partial charge in [0.25, 0.3) is 0 Å². The molecule has 4 bridgehead atoms. The fourth-order valence-corrected chi connectivity index (χ4v) is 6.55. The van der Waals surface area contributed by atoms with Crippen molar-refractivity contribution >= 4 is 12.0 Å². The molecule has 0 aromatic heterocycles. The van der Waals surface area contributed by atoms with Crippen molar-refractivity contribution in [1.29, 1.82) is 0 Å². The van der Waals surface area contributed by atoms with E-state index >= 15 is 0 Å². The zero-order valence-electron chi connectivity index (χ0n) is 16.0. The smallest absolute Gasteiger partial charge is 0.328 e. The maximum atomic E-state index is 10.9. The van der Waals surface area contributed by atoms with Crippen molar-refractivity contribution in [2.75, 3.05) is 0 Å². The number of carboxylic acid groups (broad SMARTS) is 1. The Bertz CT molecular complexity index is 903. The fraction of sp³-hybridized carbons (Fsp3) is 0.400. The molecule has 2 aromatic rings. The van der Waals surface area contributed by atoms with Crippen LogP contribution in [0.4, 0.5) is 0 Å². The van der Waals surface area contributed by atoms with Gasteiger partial charge in [0.2, 0.25) is 0 Å². The van der Waals surface area contributed by atoms with Crippen LogP contribution in [0.25, 0.3) is 17.2 Å². The minimum atomic E-state index is -0.950. The van der Waals surface area contributed by atoms with E-state index in [4.69, 9.17) is 5.11 Å². The molecule has 0 aliphatic heterocycles. The molecule has 4 saturated carbocycles. The monoisotopic (exact) mass is 374 g/mol. The molecule has 144 valence electrons. The van der Waals surface area contributed by atoms with Crippen molar-refractivity contribution in [2.24, 2.45) is 17.8 Å². The average molecular weight is 374 g/mol. The van der Waals surface area contributed by atoms with Gasteiger partial charge in [-0.25, -0.2) is 4.79 Å². The van der Waals surface area contributed by atoms with Crippen molar-refractivity contribution in [1.82, 2.24) is 0 Å². The van der Waals surface area contributed by atoms with Gasteiger partial charge in [0.05, 0.1) is 0 Å². The van der Waals surface area contributed by atoms with Crippen LogP contribution in [0.2, 0.25) is 0 Å². The summed E-state index contributed by atoms with van der Waals surface area (Å²) in [6, 6.07) is 14.0. The number of hydrogen-bond acceptors (Lipinski definition) is 2. The SMILES string of the molecule is O=C(O)/C=C/c1ccc(-c2ccc(C34CC5CC(CC(C5)C3)C4)c(O)c2)cc1. The van der Waals surface area contributed by atoms with E-state index < -0.39 is 5.97 Å². The highest BCUT2D eigenvalue weighted by Crippen LogP contribution is 2.61. The van der Waals surface area contributed by atoms with Crippen LogP contribution < -0.4 is 0 Å². The van der Waals surface area contributed by atoms with Gasteiger partial charge in [-0.05, 0) is 90.5 Å². The van der Waals surface area contributed by atoms with Crippen LogP contribution in [0.15, 0.2) is 48.5 Å². The number of phenolic OH excluding ortho intramolecular Hbond substituents is 1. The molecular formula is C25H26O3. The van der Waals surface area contributed by atoms with Crippen LogP contribution in [0.5, 0.6) is 5.75 Å². The first-order chi connectivity index (χ1) is 13.5. The number of carboxylic acids is 1. The van der Waals surface area contributed by atoms with Gasteiger partial charge < -0.3 is 10.2 Å². The van der Waals surface area contributed by atoms with Gasteiger partial charge in [0, 0.05) is 11.6 Å². The Kier molecular flexibility index (Phi) is 4.08. The zero-order valence-corrected chi connectivity index (χ0v) is 16.0. The summed E-state index contributed by atoms with van der Waals surface area (Å²) in [4.78, 5) is 10.6. The van der Waals surface area contributed by atoms with Crippen LogP contribution in [-0.4, -0.2) is 16.2 Å². The van der Waals surface area contributed by atoms with Gasteiger partial charge in [-0.1, -0.05) is 36.4 Å². The number of carbonyl (C=O) groups is 1. The van der Waals surface area contributed by atoms with Gasteiger partial charge >= 0.3 is 5.97 Å². The second-order valence-corrected chi connectivity index (χ2v) is 9.22. The average Bonchev–Trinajstić information content (AvgIpc) is 2.65. The number of hydrogen-bond donors (Lipinski definition) is 2. The molecule has 2 aromatic carbocycles. The minimum Gasteiger partial charge on any atom is -0.508 e. The quantitative estimate of drug-likeness (QED) is 0.683. The molecule has 0 saturated heterocycles. The third-order valence-electron chi connectivity index (χ3n) is 7.27. The van der Waals surface area contributed by atoms with Crippen LogP contribution in [-0.2, 0) is 10.2 Å². The standard InChI is InChI=1S/C25H26O3/c26-23-12-21(20-4-1-16(2-5-20)3-8-24(27)28)6-7-22(23)25-13-17-9-18(14-25)11-19(10-17)15-25/h1-8,12,17-19,26H,9-11,13-15H2,(H,27,28)/b8-3+. The zero-order chi connectivity index (χ0) is 19.3. The topological polar surface area (TPSA) is 57.5 Å². The number of aliphatic carboxylic acids is 1. The van der Waals surface area contributed by atoms with Gasteiger partial charge in [-0.3, -0.25) is 0 Å². The number of benzene rings is 2. The lowest BCUT2D eigenvalue weighted by Crippen LogP contribution is -2.48. The molecule has 0 spiro atoms. The van der Waals surface area contributed by atoms with E-state index in [-0.39, 0.29) is 5.41 Å². The molecule has 4 aliphatic rings. The summed E-state index contributed by atoms with van der Waals surface area (Å²) in [6.45, 7) is 0. The largest absolute Gasteiger partial charge is 0.508 e. The summed E-state index contributed by atoms with van der Waals surface area (Å²) in [5, 5.41) is 19.7. The maximum Gasteiger partial charge on any atom is 0.328 e. The maximum absolute atomic E-state index is 10.9. The molecule has 3 heteroatoms. The van der Waals surface area contributed by atoms with Crippen molar-refractivity contribution in [3.8, 4) is 16.9 Å². The third kappa shape index (κ3) is 3.03. The van der Waals surface area contributed by atoms with E-state index in [1.807, 2.05) is 30.3 Å². The number of rotatable bonds is 4. The lowest BCUT2D eigenvalue weighted by Gasteiger charge is -2.57. The van der Waals surface area contributed by atoms with E-state index in [1.54, 1.807) is 6.08 Å². The molecule has 4 aliphatic carbocycles. The van der Waals surface area contributed by atoms with Crippen LogP contribution in [0, 0.1) is 17.8 Å². The van der Waals surface area contributed by atoms with E-state index in [9.17, 15) is 9.90 Å². The Morgan fingerprint density at radius 3 is 2.00 bits per heavy atom. The summed E-state index contributed by atoms with van der Waals surface area (Å²) in [5.41, 5.74) is 4.24. The molecule has 0 unspecified atom stereocenters. The van der Waals surface area contributed by atoms with Gasteiger partial charge in [-0.2, -0.15) is 0 Å². The van der Waals surface area contributed by atoms with Gasteiger partial charge in [-0.15, -0.1) is 0 Å². The van der Waals surface area contributed by atoms with Crippen molar-refractivity contribution in [2.45, 2.75) is 43.9 Å². The summed E-state index contributed by atoms with van der Waals surface area (Å²) >= 11 is 0. The molecule has 28 heavy (non-hydrogen) atoms. The summed E-state index contributed by atoms with van der Waals surface area (Å²) in [7, 11) is 0. The van der Waals surface area contributed by atoms with Crippen LogP contribution in [0.3, 0.4) is 0 Å². The second-order valence-electron chi connectivity index (χ2n) is 9.22. The molecule has 0 amide bonds. The molecular weight excluding hydrogens is 348 g/mol. The fourth-order valence-electron chi connectivity index (χ4n) is 6.55. The molecule has 2 N–H and O–H groups in total. The second kappa shape index (κ2) is 6.51. The molecule has 0 atom stereocenters.